The van der Waals surface area contributed by atoms with Gasteiger partial charge in [-0.3, -0.25) is 4.79 Å². The van der Waals surface area contributed by atoms with Crippen LogP contribution in [0.4, 0.5) is 5.82 Å². The van der Waals surface area contributed by atoms with E-state index in [1.807, 2.05) is 19.1 Å². The molecule has 1 N–H and O–H groups in total. The average Bonchev–Trinajstić information content (AvgIpc) is 3.06. The Kier molecular flexibility index (Phi) is 5.11. The maximum atomic E-state index is 12.5. The molecule has 0 bridgehead atoms. The van der Waals surface area contributed by atoms with Crippen LogP contribution in [0.2, 0.25) is 0 Å². The summed E-state index contributed by atoms with van der Waals surface area (Å²) in [7, 11) is 0. The molecule has 24 heavy (non-hydrogen) atoms. The molecule has 1 aliphatic rings. The second-order valence-electron chi connectivity index (χ2n) is 5.63. The van der Waals surface area contributed by atoms with Crippen LogP contribution >= 0.6 is 11.8 Å². The minimum absolute atomic E-state index is 0.118. The Hall–Kier alpha value is -2.39. The number of rotatable bonds is 5. The van der Waals surface area contributed by atoms with Crippen molar-refractivity contribution < 1.29 is 4.79 Å². The zero-order valence-electron chi connectivity index (χ0n) is 13.5. The molecule has 5 nitrogen and oxygen atoms in total. The van der Waals surface area contributed by atoms with E-state index in [4.69, 9.17) is 0 Å². The summed E-state index contributed by atoms with van der Waals surface area (Å²) in [5, 5.41) is 12.6. The lowest BCUT2D eigenvalue weighted by Gasteiger charge is -2.15. The number of hydrogen-bond acceptors (Lipinski definition) is 5. The van der Waals surface area contributed by atoms with Crippen LogP contribution in [0.3, 0.4) is 0 Å². The van der Waals surface area contributed by atoms with Gasteiger partial charge in [-0.2, -0.15) is 5.26 Å². The molecule has 0 saturated carbocycles. The van der Waals surface area contributed by atoms with Crippen molar-refractivity contribution >= 4 is 23.5 Å². The average molecular weight is 338 g/mol. The number of aromatic nitrogens is 2. The standard InChI is InChI=1S/C18H18N4OS/c1-2-15(17(23)22-16-8-3-4-9-20-16)24-18-13(11-19)10-12-6-5-7-14(12)21-18/h3-4,8-10,15H,2,5-7H2,1H3,(H,20,22,23). The van der Waals surface area contributed by atoms with E-state index >= 15 is 0 Å². The molecule has 1 amide bonds. The Morgan fingerprint density at radius 2 is 2.33 bits per heavy atom. The summed E-state index contributed by atoms with van der Waals surface area (Å²) in [6, 6.07) is 9.53. The molecule has 3 rings (SSSR count). The summed E-state index contributed by atoms with van der Waals surface area (Å²) in [6.45, 7) is 1.95. The van der Waals surface area contributed by atoms with E-state index in [0.29, 0.717) is 22.8 Å². The predicted molar refractivity (Wildman–Crippen MR) is 93.8 cm³/mol. The molecule has 6 heteroatoms. The highest BCUT2D eigenvalue weighted by Gasteiger charge is 2.23. The number of nitrogens with one attached hydrogen (secondary N) is 1. The van der Waals surface area contributed by atoms with Crippen LogP contribution in [-0.2, 0) is 17.6 Å². The van der Waals surface area contributed by atoms with Gasteiger partial charge in [0.1, 0.15) is 16.9 Å². The van der Waals surface area contributed by atoms with Gasteiger partial charge in [0.25, 0.3) is 0 Å². The first-order valence-electron chi connectivity index (χ1n) is 8.02. The normalized spacial score (nSPS) is 13.8. The first kappa shape index (κ1) is 16.5. The van der Waals surface area contributed by atoms with Gasteiger partial charge in [-0.1, -0.05) is 24.8 Å². The van der Waals surface area contributed by atoms with Crippen molar-refractivity contribution in [2.45, 2.75) is 42.9 Å². The van der Waals surface area contributed by atoms with Gasteiger partial charge in [-0.05, 0) is 49.4 Å². The summed E-state index contributed by atoms with van der Waals surface area (Å²) in [5.41, 5.74) is 2.79. The number of aryl methyl sites for hydroxylation is 2. The summed E-state index contributed by atoms with van der Waals surface area (Å²) in [5.74, 6) is 0.413. The van der Waals surface area contributed by atoms with Crippen LogP contribution in [0.15, 0.2) is 35.5 Å². The molecular weight excluding hydrogens is 320 g/mol. The van der Waals surface area contributed by atoms with Crippen LogP contribution < -0.4 is 5.32 Å². The molecule has 0 radical (unpaired) electrons. The van der Waals surface area contributed by atoms with Crippen LogP contribution in [0.1, 0.15) is 36.6 Å². The van der Waals surface area contributed by atoms with Crippen molar-refractivity contribution in [3.05, 3.63) is 47.3 Å². The molecular formula is C18H18N4OS. The summed E-state index contributed by atoms with van der Waals surface area (Å²) < 4.78 is 0. The molecule has 2 aromatic heterocycles. The van der Waals surface area contributed by atoms with Crippen molar-refractivity contribution in [1.82, 2.24) is 9.97 Å². The number of carbonyl (C=O) groups is 1. The van der Waals surface area contributed by atoms with Crippen LogP contribution in [-0.4, -0.2) is 21.1 Å². The van der Waals surface area contributed by atoms with Crippen molar-refractivity contribution in [2.24, 2.45) is 0 Å². The molecule has 0 aromatic carbocycles. The Morgan fingerprint density at radius 1 is 1.46 bits per heavy atom. The third kappa shape index (κ3) is 3.57. The first-order valence-corrected chi connectivity index (χ1v) is 8.90. The number of nitrogens with zero attached hydrogens (tertiary/aromatic N) is 3. The van der Waals surface area contributed by atoms with E-state index in [1.54, 1.807) is 18.3 Å². The third-order valence-corrected chi connectivity index (χ3v) is 5.34. The summed E-state index contributed by atoms with van der Waals surface area (Å²) in [4.78, 5) is 21.3. The lowest BCUT2D eigenvalue weighted by Crippen LogP contribution is -2.25. The number of amides is 1. The van der Waals surface area contributed by atoms with Gasteiger partial charge in [0.05, 0.1) is 10.8 Å². The van der Waals surface area contributed by atoms with Gasteiger partial charge >= 0.3 is 0 Å². The largest absolute Gasteiger partial charge is 0.310 e. The first-order chi connectivity index (χ1) is 11.7. The fourth-order valence-electron chi connectivity index (χ4n) is 2.72. The Labute approximate surface area is 145 Å². The van der Waals surface area contributed by atoms with Gasteiger partial charge in [0, 0.05) is 11.9 Å². The zero-order valence-corrected chi connectivity index (χ0v) is 14.3. The highest BCUT2D eigenvalue weighted by Crippen LogP contribution is 2.31. The molecule has 1 atom stereocenters. The lowest BCUT2D eigenvalue weighted by atomic mass is 10.2. The van der Waals surface area contributed by atoms with Crippen molar-refractivity contribution in [1.29, 1.82) is 5.26 Å². The smallest absolute Gasteiger partial charge is 0.239 e. The van der Waals surface area contributed by atoms with E-state index in [0.717, 1.165) is 25.0 Å². The Morgan fingerprint density at radius 3 is 3.04 bits per heavy atom. The number of fused-ring (bicyclic) bond motifs is 1. The van der Waals surface area contributed by atoms with Gasteiger partial charge in [-0.25, -0.2) is 9.97 Å². The number of thioether (sulfide) groups is 1. The third-order valence-electron chi connectivity index (χ3n) is 3.97. The maximum Gasteiger partial charge on any atom is 0.239 e. The van der Waals surface area contributed by atoms with Crippen LogP contribution in [0, 0.1) is 11.3 Å². The molecule has 2 aromatic rings. The maximum absolute atomic E-state index is 12.5. The Bertz CT molecular complexity index is 786. The fraction of sp³-hybridized carbons (Fsp3) is 0.333. The van der Waals surface area contributed by atoms with E-state index < -0.39 is 0 Å². The van der Waals surface area contributed by atoms with E-state index in [2.05, 4.69) is 21.4 Å². The molecule has 1 unspecified atom stereocenters. The highest BCUT2D eigenvalue weighted by atomic mass is 32.2. The number of carbonyl (C=O) groups excluding carboxylic acids is 1. The minimum atomic E-state index is -0.314. The Balaban J connectivity index is 1.78. The number of anilines is 1. The zero-order chi connectivity index (χ0) is 16.9. The SMILES string of the molecule is CCC(Sc1nc2c(cc1C#N)CCC2)C(=O)Nc1ccccn1. The van der Waals surface area contributed by atoms with E-state index in [-0.39, 0.29) is 11.2 Å². The molecule has 2 heterocycles. The number of pyridine rings is 2. The molecule has 122 valence electrons. The number of nitriles is 1. The van der Waals surface area contributed by atoms with Gasteiger partial charge < -0.3 is 5.32 Å². The minimum Gasteiger partial charge on any atom is -0.310 e. The fourth-order valence-corrected chi connectivity index (χ4v) is 3.72. The molecule has 0 aliphatic heterocycles. The van der Waals surface area contributed by atoms with Crippen LogP contribution in [0.5, 0.6) is 0 Å². The van der Waals surface area contributed by atoms with Crippen molar-refractivity contribution in [3.8, 4) is 6.07 Å². The monoisotopic (exact) mass is 338 g/mol. The lowest BCUT2D eigenvalue weighted by molar-refractivity contribution is -0.115. The predicted octanol–water partition coefficient (Wildman–Crippen LogP) is 3.35. The van der Waals surface area contributed by atoms with Crippen molar-refractivity contribution in [3.63, 3.8) is 0 Å². The molecule has 1 aliphatic carbocycles. The second-order valence-corrected chi connectivity index (χ2v) is 6.82. The van der Waals surface area contributed by atoms with E-state index in [9.17, 15) is 10.1 Å². The van der Waals surface area contributed by atoms with Crippen molar-refractivity contribution in [2.75, 3.05) is 5.32 Å². The van der Waals surface area contributed by atoms with Crippen LogP contribution in [0.25, 0.3) is 0 Å². The highest BCUT2D eigenvalue weighted by molar-refractivity contribution is 8.00. The summed E-state index contributed by atoms with van der Waals surface area (Å²) in [6.07, 6.45) is 5.30. The number of hydrogen-bond donors (Lipinski definition) is 1. The molecule has 0 spiro atoms. The quantitative estimate of drug-likeness (QED) is 0.846. The van der Waals surface area contributed by atoms with Gasteiger partial charge in [0.15, 0.2) is 0 Å². The molecule has 0 fully saturated rings. The van der Waals surface area contributed by atoms with E-state index in [1.165, 1.54) is 17.3 Å². The second kappa shape index (κ2) is 7.45. The summed E-state index contributed by atoms with van der Waals surface area (Å²) >= 11 is 1.36. The molecule has 0 saturated heterocycles. The topological polar surface area (TPSA) is 78.7 Å². The van der Waals surface area contributed by atoms with Gasteiger partial charge in [0.2, 0.25) is 5.91 Å². The van der Waals surface area contributed by atoms with Gasteiger partial charge in [-0.15, -0.1) is 0 Å².